The lowest BCUT2D eigenvalue weighted by Gasteiger charge is -2.40. The van der Waals surface area contributed by atoms with Crippen LogP contribution < -0.4 is 20.7 Å². The van der Waals surface area contributed by atoms with E-state index in [1.165, 1.54) is 31.0 Å². The van der Waals surface area contributed by atoms with Gasteiger partial charge in [0.25, 0.3) is 5.91 Å². The number of methoxy groups -OCH3 is 1. The number of nitrogens with one attached hydrogen (secondary N) is 3. The summed E-state index contributed by atoms with van der Waals surface area (Å²) in [6.07, 6.45) is 11.0. The van der Waals surface area contributed by atoms with Gasteiger partial charge in [0.15, 0.2) is 0 Å². The smallest absolute Gasteiger partial charge is 0.252 e. The number of fused-ring (bicyclic) bond motifs is 1. The van der Waals surface area contributed by atoms with Crippen LogP contribution in [0, 0.1) is 0 Å². The summed E-state index contributed by atoms with van der Waals surface area (Å²) in [5.74, 6) is 0.465. The van der Waals surface area contributed by atoms with E-state index in [4.69, 9.17) is 9.84 Å². The zero-order chi connectivity index (χ0) is 31.4. The molecule has 2 aliphatic rings. The van der Waals surface area contributed by atoms with Crippen LogP contribution in [0.1, 0.15) is 78.9 Å². The quantitative estimate of drug-likeness (QED) is 0.199. The van der Waals surface area contributed by atoms with E-state index in [0.29, 0.717) is 30.0 Å². The van der Waals surface area contributed by atoms with E-state index < -0.39 is 5.54 Å². The van der Waals surface area contributed by atoms with Crippen molar-refractivity contribution in [2.24, 2.45) is 0 Å². The highest BCUT2D eigenvalue weighted by molar-refractivity contribution is 6.05. The van der Waals surface area contributed by atoms with Crippen molar-refractivity contribution < 1.29 is 19.1 Å². The van der Waals surface area contributed by atoms with Gasteiger partial charge >= 0.3 is 0 Å². The molecule has 2 saturated carbocycles. The molecule has 2 aliphatic carbocycles. The lowest BCUT2D eigenvalue weighted by atomic mass is 9.75. The van der Waals surface area contributed by atoms with E-state index in [2.05, 4.69) is 16.0 Å². The monoisotopic (exact) mass is 605 g/mol. The van der Waals surface area contributed by atoms with Crippen molar-refractivity contribution in [3.63, 3.8) is 0 Å². The number of carbonyl (C=O) groups is 3. The third-order valence-electron chi connectivity index (χ3n) is 9.12. The number of carbonyl (C=O) groups excluding carboxylic acids is 3. The average Bonchev–Trinajstić information content (AvgIpc) is 3.45. The molecule has 1 heterocycles. The SMILES string of the molecule is CNC(=O)/C=C/c1ccc(NC(=O)C2(NC(=O)c3ccc4c(C5CCCCC5)n(-c5ccc(OC)cc5)nc4c3)CCC2)cc1. The van der Waals surface area contributed by atoms with Crippen LogP contribution in [0.5, 0.6) is 5.75 Å². The molecular formula is C36H39N5O4. The van der Waals surface area contributed by atoms with Crippen molar-refractivity contribution >= 4 is 40.4 Å². The molecule has 0 aliphatic heterocycles. The number of rotatable bonds is 9. The molecule has 1 aromatic heterocycles. The normalized spacial score (nSPS) is 16.2. The number of hydrogen-bond acceptors (Lipinski definition) is 5. The molecule has 3 aromatic carbocycles. The van der Waals surface area contributed by atoms with Gasteiger partial charge in [-0.25, -0.2) is 4.68 Å². The molecule has 0 radical (unpaired) electrons. The van der Waals surface area contributed by atoms with Crippen molar-refractivity contribution in [2.45, 2.75) is 62.8 Å². The highest BCUT2D eigenvalue weighted by Gasteiger charge is 2.45. The van der Waals surface area contributed by atoms with E-state index in [1.807, 2.05) is 59.3 Å². The van der Waals surface area contributed by atoms with Gasteiger partial charge < -0.3 is 20.7 Å². The Morgan fingerprint density at radius 2 is 1.67 bits per heavy atom. The van der Waals surface area contributed by atoms with Gasteiger partial charge in [0, 0.05) is 35.7 Å². The van der Waals surface area contributed by atoms with E-state index in [0.717, 1.165) is 47.2 Å². The molecule has 0 unspecified atom stereocenters. The van der Waals surface area contributed by atoms with Crippen LogP contribution in [0.2, 0.25) is 0 Å². The number of benzene rings is 3. The molecule has 2 fully saturated rings. The summed E-state index contributed by atoms with van der Waals surface area (Å²) in [6, 6.07) is 20.8. The molecule has 232 valence electrons. The number of nitrogens with zero attached hydrogens (tertiary/aromatic N) is 2. The van der Waals surface area contributed by atoms with Crippen LogP contribution in [-0.4, -0.2) is 47.2 Å². The lowest BCUT2D eigenvalue weighted by molar-refractivity contribution is -0.125. The van der Waals surface area contributed by atoms with Gasteiger partial charge in [-0.2, -0.15) is 5.10 Å². The maximum atomic E-state index is 13.6. The first-order valence-electron chi connectivity index (χ1n) is 15.7. The van der Waals surface area contributed by atoms with Gasteiger partial charge in [0.05, 0.1) is 24.0 Å². The molecule has 6 rings (SSSR count). The highest BCUT2D eigenvalue weighted by atomic mass is 16.5. The molecule has 9 nitrogen and oxygen atoms in total. The van der Waals surface area contributed by atoms with Crippen molar-refractivity contribution in [1.82, 2.24) is 20.4 Å². The van der Waals surface area contributed by atoms with Gasteiger partial charge in [-0.1, -0.05) is 37.5 Å². The number of amides is 3. The van der Waals surface area contributed by atoms with E-state index >= 15 is 0 Å². The predicted octanol–water partition coefficient (Wildman–Crippen LogP) is 6.13. The Labute approximate surface area is 263 Å². The zero-order valence-corrected chi connectivity index (χ0v) is 25.8. The van der Waals surface area contributed by atoms with E-state index in [-0.39, 0.29) is 17.7 Å². The Morgan fingerprint density at radius 1 is 0.933 bits per heavy atom. The molecule has 45 heavy (non-hydrogen) atoms. The first-order chi connectivity index (χ1) is 21.9. The summed E-state index contributed by atoms with van der Waals surface area (Å²) < 4.78 is 7.39. The molecule has 3 amide bonds. The minimum absolute atomic E-state index is 0.190. The maximum absolute atomic E-state index is 13.6. The lowest BCUT2D eigenvalue weighted by Crippen LogP contribution is -2.61. The Kier molecular flexibility index (Phi) is 8.69. The summed E-state index contributed by atoms with van der Waals surface area (Å²) >= 11 is 0. The fourth-order valence-electron chi connectivity index (χ4n) is 6.35. The Bertz CT molecular complexity index is 1730. The minimum atomic E-state index is -0.973. The zero-order valence-electron chi connectivity index (χ0n) is 25.8. The number of ether oxygens (including phenoxy) is 1. The Balaban J connectivity index is 1.22. The summed E-state index contributed by atoms with van der Waals surface area (Å²) in [4.78, 5) is 38.5. The molecule has 0 bridgehead atoms. The maximum Gasteiger partial charge on any atom is 0.252 e. The highest BCUT2D eigenvalue weighted by Crippen LogP contribution is 2.38. The molecule has 0 saturated heterocycles. The van der Waals surface area contributed by atoms with Crippen molar-refractivity contribution in [3.05, 3.63) is 89.6 Å². The van der Waals surface area contributed by atoms with Gasteiger partial charge in [0.2, 0.25) is 11.8 Å². The van der Waals surface area contributed by atoms with Gasteiger partial charge in [0.1, 0.15) is 11.3 Å². The first kappa shape index (κ1) is 30.1. The first-order valence-corrected chi connectivity index (χ1v) is 15.7. The number of hydrogen-bond donors (Lipinski definition) is 3. The van der Waals surface area contributed by atoms with Crippen LogP contribution in [0.25, 0.3) is 22.7 Å². The summed E-state index contributed by atoms with van der Waals surface area (Å²) in [6.45, 7) is 0. The third-order valence-corrected chi connectivity index (χ3v) is 9.12. The van der Waals surface area contributed by atoms with E-state index in [1.54, 1.807) is 32.4 Å². The molecule has 0 atom stereocenters. The summed E-state index contributed by atoms with van der Waals surface area (Å²) in [5.41, 5.74) is 3.86. The van der Waals surface area contributed by atoms with Crippen molar-refractivity contribution in [2.75, 3.05) is 19.5 Å². The van der Waals surface area contributed by atoms with Crippen molar-refractivity contribution in [1.29, 1.82) is 0 Å². The second-order valence-corrected chi connectivity index (χ2v) is 12.0. The second-order valence-electron chi connectivity index (χ2n) is 12.0. The number of likely N-dealkylation sites (N-methyl/N-ethyl adjacent to an activating group) is 1. The van der Waals surface area contributed by atoms with E-state index in [9.17, 15) is 14.4 Å². The minimum Gasteiger partial charge on any atom is -0.497 e. The largest absolute Gasteiger partial charge is 0.497 e. The Morgan fingerprint density at radius 3 is 2.31 bits per heavy atom. The van der Waals surface area contributed by atoms with Gasteiger partial charge in [-0.3, -0.25) is 14.4 Å². The molecular weight excluding hydrogens is 566 g/mol. The number of anilines is 1. The fourth-order valence-corrected chi connectivity index (χ4v) is 6.35. The van der Waals surface area contributed by atoms with Crippen LogP contribution in [0.4, 0.5) is 5.69 Å². The molecule has 3 N–H and O–H groups in total. The summed E-state index contributed by atoms with van der Waals surface area (Å²) in [7, 11) is 3.23. The van der Waals surface area contributed by atoms with Gasteiger partial charge in [-0.05, 0) is 92.3 Å². The topological polar surface area (TPSA) is 114 Å². The predicted molar refractivity (Wildman–Crippen MR) is 176 cm³/mol. The molecule has 9 heteroatoms. The standard InChI is InChI=1S/C36H39N5O4/c1-37-32(42)20-11-24-9-13-27(14-10-24)38-35(44)36(21-6-22-36)39-34(43)26-12-19-30-31(23-26)40-41(28-15-17-29(45-2)18-16-28)33(30)25-7-4-3-5-8-25/h9-20,23,25H,3-8,21-22H2,1-2H3,(H,37,42)(H,38,44)(H,39,43)/b20-11+. The van der Waals surface area contributed by atoms with Crippen LogP contribution >= 0.6 is 0 Å². The third kappa shape index (κ3) is 6.34. The van der Waals surface area contributed by atoms with Gasteiger partial charge in [-0.15, -0.1) is 0 Å². The van der Waals surface area contributed by atoms with Crippen LogP contribution in [0.3, 0.4) is 0 Å². The fraction of sp³-hybridized carbons (Fsp3) is 0.333. The van der Waals surface area contributed by atoms with Crippen molar-refractivity contribution in [3.8, 4) is 11.4 Å². The van der Waals surface area contributed by atoms with Crippen LogP contribution in [0.15, 0.2) is 72.8 Å². The summed E-state index contributed by atoms with van der Waals surface area (Å²) in [5, 5.41) is 14.6. The average molecular weight is 606 g/mol. The number of aromatic nitrogens is 2. The second kappa shape index (κ2) is 13.0. The molecule has 0 spiro atoms. The molecule has 4 aromatic rings. The Hall–Kier alpha value is -4.92. The van der Waals surface area contributed by atoms with Crippen LogP contribution in [-0.2, 0) is 9.59 Å².